The molecule has 0 aromatic heterocycles. The summed E-state index contributed by atoms with van der Waals surface area (Å²) in [6.45, 7) is 1.63. The molecule has 8 nitrogen and oxygen atoms in total. The molecular weight excluding hydrogens is 280 g/mol. The lowest BCUT2D eigenvalue weighted by Crippen LogP contribution is -2.32. The van der Waals surface area contributed by atoms with Crippen molar-refractivity contribution in [2.75, 3.05) is 6.61 Å². The first-order valence-corrected chi connectivity index (χ1v) is 6.02. The summed E-state index contributed by atoms with van der Waals surface area (Å²) >= 11 is 0. The van der Waals surface area contributed by atoms with Gasteiger partial charge in [-0.1, -0.05) is 17.3 Å². The van der Waals surface area contributed by atoms with Crippen LogP contribution in [0.1, 0.15) is 12.5 Å². The van der Waals surface area contributed by atoms with Gasteiger partial charge >= 0.3 is 12.1 Å². The van der Waals surface area contributed by atoms with Crippen LogP contribution >= 0.6 is 0 Å². The SMILES string of the molecule is C/C(COc1ccc(CC(N)C(=O)O)cc1)=N\OC(=O)O. The Bertz CT molecular complexity index is 526. The molecule has 0 aliphatic carbocycles. The van der Waals surface area contributed by atoms with Crippen molar-refractivity contribution in [2.24, 2.45) is 10.9 Å². The number of rotatable bonds is 7. The Labute approximate surface area is 120 Å². The van der Waals surface area contributed by atoms with E-state index >= 15 is 0 Å². The predicted molar refractivity (Wildman–Crippen MR) is 73.5 cm³/mol. The van der Waals surface area contributed by atoms with Crippen molar-refractivity contribution in [1.29, 1.82) is 0 Å². The van der Waals surface area contributed by atoms with Crippen LogP contribution in [0.25, 0.3) is 0 Å². The molecule has 0 radical (unpaired) electrons. The quantitative estimate of drug-likeness (QED) is 0.390. The monoisotopic (exact) mass is 296 g/mol. The maximum atomic E-state index is 10.6. The molecule has 1 aromatic carbocycles. The highest BCUT2D eigenvalue weighted by Gasteiger charge is 2.11. The summed E-state index contributed by atoms with van der Waals surface area (Å²) in [6, 6.07) is 5.79. The molecule has 4 N–H and O–H groups in total. The number of oxime groups is 1. The van der Waals surface area contributed by atoms with Crippen LogP contribution in [0.4, 0.5) is 4.79 Å². The molecule has 21 heavy (non-hydrogen) atoms. The van der Waals surface area contributed by atoms with Gasteiger partial charge in [-0.2, -0.15) is 0 Å². The number of hydrogen-bond acceptors (Lipinski definition) is 6. The van der Waals surface area contributed by atoms with Crippen LogP contribution in [0.2, 0.25) is 0 Å². The fourth-order valence-electron chi connectivity index (χ4n) is 1.39. The van der Waals surface area contributed by atoms with E-state index in [0.717, 1.165) is 5.56 Å². The first-order chi connectivity index (χ1) is 9.88. The summed E-state index contributed by atoms with van der Waals surface area (Å²) in [5.41, 5.74) is 6.57. The fraction of sp³-hybridized carbons (Fsp3) is 0.308. The van der Waals surface area contributed by atoms with Gasteiger partial charge in [0.2, 0.25) is 0 Å². The van der Waals surface area contributed by atoms with E-state index in [4.69, 9.17) is 20.7 Å². The highest BCUT2D eigenvalue weighted by molar-refractivity contribution is 5.83. The van der Waals surface area contributed by atoms with Crippen LogP contribution in [-0.4, -0.2) is 40.7 Å². The van der Waals surface area contributed by atoms with Gasteiger partial charge in [0.25, 0.3) is 0 Å². The molecule has 1 rings (SSSR count). The molecule has 0 aliphatic rings. The zero-order valence-corrected chi connectivity index (χ0v) is 11.4. The molecule has 0 saturated heterocycles. The number of nitrogens with zero attached hydrogens (tertiary/aromatic N) is 1. The molecule has 0 bridgehead atoms. The molecule has 1 atom stereocenters. The lowest BCUT2D eigenvalue weighted by atomic mass is 10.1. The van der Waals surface area contributed by atoms with E-state index in [1.807, 2.05) is 0 Å². The van der Waals surface area contributed by atoms with Crippen molar-refractivity contribution in [3.63, 3.8) is 0 Å². The molecule has 0 fully saturated rings. The summed E-state index contributed by atoms with van der Waals surface area (Å²) in [5.74, 6) is -0.520. The van der Waals surface area contributed by atoms with Crippen LogP contribution in [0, 0.1) is 0 Å². The molecule has 114 valence electrons. The van der Waals surface area contributed by atoms with E-state index < -0.39 is 18.2 Å². The van der Waals surface area contributed by atoms with Gasteiger partial charge in [-0.15, -0.1) is 0 Å². The summed E-state index contributed by atoms with van der Waals surface area (Å²) < 4.78 is 5.36. The number of ether oxygens (including phenoxy) is 1. The smallest absolute Gasteiger partial charge is 0.488 e. The van der Waals surface area contributed by atoms with Crippen LogP contribution in [0.3, 0.4) is 0 Å². The number of carboxylic acid groups (broad SMARTS) is 2. The Morgan fingerprint density at radius 2 is 1.90 bits per heavy atom. The maximum absolute atomic E-state index is 10.6. The van der Waals surface area contributed by atoms with Crippen LogP contribution in [0.15, 0.2) is 29.4 Å². The lowest BCUT2D eigenvalue weighted by molar-refractivity contribution is -0.138. The molecule has 8 heteroatoms. The number of benzene rings is 1. The summed E-state index contributed by atoms with van der Waals surface area (Å²) in [4.78, 5) is 24.8. The van der Waals surface area contributed by atoms with Crippen molar-refractivity contribution in [3.05, 3.63) is 29.8 Å². The zero-order chi connectivity index (χ0) is 15.8. The topological polar surface area (TPSA) is 131 Å². The second kappa shape index (κ2) is 7.85. The van der Waals surface area contributed by atoms with Gasteiger partial charge < -0.3 is 20.7 Å². The van der Waals surface area contributed by atoms with Gasteiger partial charge in [0, 0.05) is 0 Å². The minimum atomic E-state index is -1.49. The third-order valence-electron chi connectivity index (χ3n) is 2.42. The van der Waals surface area contributed by atoms with E-state index in [1.165, 1.54) is 0 Å². The van der Waals surface area contributed by atoms with Crippen molar-refractivity contribution in [1.82, 2.24) is 0 Å². The number of hydrogen-bond donors (Lipinski definition) is 3. The lowest BCUT2D eigenvalue weighted by Gasteiger charge is -2.08. The Morgan fingerprint density at radius 1 is 1.29 bits per heavy atom. The van der Waals surface area contributed by atoms with Gasteiger partial charge in [-0.05, 0) is 31.0 Å². The largest absolute Gasteiger partial charge is 0.532 e. The number of aliphatic carboxylic acids is 1. The third-order valence-corrected chi connectivity index (χ3v) is 2.42. The highest BCUT2D eigenvalue weighted by atomic mass is 16.7. The van der Waals surface area contributed by atoms with Gasteiger partial charge in [0.05, 0.1) is 5.71 Å². The minimum Gasteiger partial charge on any atom is -0.488 e. The van der Waals surface area contributed by atoms with Gasteiger partial charge in [0.1, 0.15) is 18.4 Å². The van der Waals surface area contributed by atoms with Gasteiger partial charge in [0.15, 0.2) is 0 Å². The van der Waals surface area contributed by atoms with Gasteiger partial charge in [-0.25, -0.2) is 4.79 Å². The van der Waals surface area contributed by atoms with Crippen LogP contribution in [-0.2, 0) is 16.1 Å². The summed E-state index contributed by atoms with van der Waals surface area (Å²) in [5, 5.41) is 20.3. The molecule has 0 saturated carbocycles. The van der Waals surface area contributed by atoms with E-state index in [-0.39, 0.29) is 13.0 Å². The number of nitrogens with two attached hydrogens (primary N) is 1. The van der Waals surface area contributed by atoms with Crippen molar-refractivity contribution in [2.45, 2.75) is 19.4 Å². The number of carboxylic acids is 1. The Balaban J connectivity index is 2.49. The van der Waals surface area contributed by atoms with E-state index in [9.17, 15) is 9.59 Å². The highest BCUT2D eigenvalue weighted by Crippen LogP contribution is 2.13. The molecule has 0 amide bonds. The Hall–Kier alpha value is -2.61. The molecular formula is C13H16N2O6. The Morgan fingerprint density at radius 3 is 2.43 bits per heavy atom. The predicted octanol–water partition coefficient (Wildman–Crippen LogP) is 1.09. The zero-order valence-electron chi connectivity index (χ0n) is 11.4. The van der Waals surface area contributed by atoms with Gasteiger partial charge in [-0.3, -0.25) is 9.63 Å². The summed E-state index contributed by atoms with van der Waals surface area (Å²) in [7, 11) is 0. The standard InChI is InChI=1S/C13H16N2O6/c1-8(15-21-13(18)19)7-20-10-4-2-9(3-5-10)6-11(14)12(16)17/h2-5,11H,6-7,14H2,1H3,(H,16,17)(H,18,19)/b15-8+. The third kappa shape index (κ3) is 6.39. The summed E-state index contributed by atoms with van der Waals surface area (Å²) in [6.07, 6.45) is -1.27. The van der Waals surface area contributed by atoms with E-state index in [2.05, 4.69) is 9.99 Å². The minimum absolute atomic E-state index is 0.0707. The van der Waals surface area contributed by atoms with Crippen LogP contribution < -0.4 is 10.5 Å². The Kier molecular flexibility index (Phi) is 6.15. The molecule has 0 heterocycles. The molecule has 1 unspecified atom stereocenters. The fourth-order valence-corrected chi connectivity index (χ4v) is 1.39. The average Bonchev–Trinajstić information content (AvgIpc) is 2.44. The molecule has 0 aliphatic heterocycles. The van der Waals surface area contributed by atoms with Crippen LogP contribution in [0.5, 0.6) is 5.75 Å². The van der Waals surface area contributed by atoms with Crippen molar-refractivity contribution in [3.8, 4) is 5.75 Å². The average molecular weight is 296 g/mol. The first-order valence-electron chi connectivity index (χ1n) is 6.02. The normalized spacial score (nSPS) is 12.6. The maximum Gasteiger partial charge on any atom is 0.532 e. The molecule has 1 aromatic rings. The van der Waals surface area contributed by atoms with Crippen molar-refractivity contribution < 1.29 is 29.4 Å². The van der Waals surface area contributed by atoms with Crippen molar-refractivity contribution >= 4 is 17.8 Å². The number of carbonyl (C=O) groups is 2. The van der Waals surface area contributed by atoms with E-state index in [0.29, 0.717) is 11.5 Å². The second-order valence-electron chi connectivity index (χ2n) is 4.27. The molecule has 0 spiro atoms. The van der Waals surface area contributed by atoms with E-state index in [1.54, 1.807) is 31.2 Å². The second-order valence-corrected chi connectivity index (χ2v) is 4.27. The first kappa shape index (κ1) is 16.4.